The van der Waals surface area contributed by atoms with Gasteiger partial charge in [-0.1, -0.05) is 0 Å². The summed E-state index contributed by atoms with van der Waals surface area (Å²) >= 11 is 0. The number of ether oxygens (including phenoxy) is 1. The van der Waals surface area contributed by atoms with Crippen LogP contribution in [-0.4, -0.2) is 73.7 Å². The first-order chi connectivity index (χ1) is 11.3. The summed E-state index contributed by atoms with van der Waals surface area (Å²) in [5, 5.41) is 17.5. The van der Waals surface area contributed by atoms with Crippen LogP contribution < -0.4 is 27.0 Å². The summed E-state index contributed by atoms with van der Waals surface area (Å²) in [6.07, 6.45) is -1.07. The Hall–Kier alpha value is -2.73. The van der Waals surface area contributed by atoms with Crippen molar-refractivity contribution in [3.8, 4) is 0 Å². The molecule has 0 aromatic carbocycles. The van der Waals surface area contributed by atoms with Gasteiger partial charge in [0.05, 0.1) is 26.2 Å². The van der Waals surface area contributed by atoms with Crippen LogP contribution in [0.25, 0.3) is 0 Å². The quantitative estimate of drug-likeness (QED) is 0.203. The van der Waals surface area contributed by atoms with E-state index in [9.17, 15) is 24.0 Å². The second kappa shape index (κ2) is 11.8. The van der Waals surface area contributed by atoms with Crippen LogP contribution in [0.3, 0.4) is 0 Å². The molecule has 0 fully saturated rings. The molecule has 0 aliphatic heterocycles. The van der Waals surface area contributed by atoms with Gasteiger partial charge >= 0.3 is 5.97 Å². The van der Waals surface area contributed by atoms with Gasteiger partial charge in [0.25, 0.3) is 0 Å². The fraction of sp³-hybridized carbons (Fsp3) is 0.583. The van der Waals surface area contributed by atoms with Gasteiger partial charge in [0.1, 0.15) is 6.73 Å². The van der Waals surface area contributed by atoms with E-state index in [0.717, 1.165) is 0 Å². The minimum atomic E-state index is -1.17. The molecule has 0 aromatic heterocycles. The molecule has 12 heteroatoms. The maximum absolute atomic E-state index is 11.4. The van der Waals surface area contributed by atoms with E-state index in [-0.39, 0.29) is 32.9 Å². The van der Waals surface area contributed by atoms with Gasteiger partial charge in [-0.3, -0.25) is 19.2 Å². The zero-order chi connectivity index (χ0) is 18.5. The maximum Gasteiger partial charge on any atom is 0.332 e. The van der Waals surface area contributed by atoms with Crippen LogP contribution in [-0.2, 0) is 28.7 Å². The lowest BCUT2D eigenvalue weighted by Gasteiger charge is -2.10. The highest BCUT2D eigenvalue weighted by atomic mass is 16.5. The molecular weight excluding hydrogens is 326 g/mol. The molecule has 12 nitrogen and oxygen atoms in total. The molecule has 0 spiro atoms. The van der Waals surface area contributed by atoms with Crippen LogP contribution in [0.1, 0.15) is 6.92 Å². The molecule has 0 radical (unpaired) electrons. The number of hydrogen-bond donors (Lipinski definition) is 6. The van der Waals surface area contributed by atoms with Crippen molar-refractivity contribution < 1.29 is 33.8 Å². The van der Waals surface area contributed by atoms with Gasteiger partial charge < -0.3 is 36.8 Å². The van der Waals surface area contributed by atoms with Gasteiger partial charge in [-0.05, 0) is 6.92 Å². The maximum atomic E-state index is 11.4. The SMILES string of the molecule is CC(OCNC(=O)CNC(=O)CNC(=O)CNC(=O)CN)C(=O)O. The molecule has 24 heavy (non-hydrogen) atoms. The third kappa shape index (κ3) is 10.9. The van der Waals surface area contributed by atoms with Crippen molar-refractivity contribution in [1.29, 1.82) is 0 Å². The van der Waals surface area contributed by atoms with E-state index in [1.165, 1.54) is 6.92 Å². The predicted octanol–water partition coefficient (Wildman–Crippen LogP) is -4.14. The monoisotopic (exact) mass is 347 g/mol. The van der Waals surface area contributed by atoms with Crippen molar-refractivity contribution in [3.05, 3.63) is 0 Å². The molecule has 0 saturated heterocycles. The second-order valence-electron chi connectivity index (χ2n) is 4.43. The van der Waals surface area contributed by atoms with Crippen LogP contribution >= 0.6 is 0 Å². The van der Waals surface area contributed by atoms with Gasteiger partial charge in [-0.25, -0.2) is 4.79 Å². The lowest BCUT2D eigenvalue weighted by molar-refractivity contribution is -0.150. The number of carboxylic acid groups (broad SMARTS) is 1. The molecule has 0 aliphatic rings. The molecule has 0 aromatic rings. The molecule has 1 atom stereocenters. The molecule has 0 bridgehead atoms. The van der Waals surface area contributed by atoms with Gasteiger partial charge in [0.2, 0.25) is 23.6 Å². The predicted molar refractivity (Wildman–Crippen MR) is 79.3 cm³/mol. The average Bonchev–Trinajstić information content (AvgIpc) is 2.55. The Morgan fingerprint density at radius 2 is 1.29 bits per heavy atom. The van der Waals surface area contributed by atoms with Crippen molar-refractivity contribution in [2.75, 3.05) is 32.9 Å². The molecule has 0 aliphatic carbocycles. The van der Waals surface area contributed by atoms with Gasteiger partial charge in [0, 0.05) is 0 Å². The first kappa shape index (κ1) is 21.3. The fourth-order valence-electron chi connectivity index (χ4n) is 1.11. The highest BCUT2D eigenvalue weighted by molar-refractivity contribution is 5.90. The zero-order valence-electron chi connectivity index (χ0n) is 13.1. The van der Waals surface area contributed by atoms with E-state index in [1.807, 2.05) is 0 Å². The Bertz CT molecular complexity index is 482. The van der Waals surface area contributed by atoms with Crippen molar-refractivity contribution in [3.63, 3.8) is 0 Å². The topological polar surface area (TPSA) is 189 Å². The Labute approximate surface area is 137 Å². The van der Waals surface area contributed by atoms with E-state index < -0.39 is 35.7 Å². The Morgan fingerprint density at radius 3 is 1.71 bits per heavy atom. The average molecular weight is 347 g/mol. The minimum absolute atomic E-state index is 0.252. The fourth-order valence-corrected chi connectivity index (χ4v) is 1.11. The van der Waals surface area contributed by atoms with E-state index in [1.54, 1.807) is 0 Å². The first-order valence-corrected chi connectivity index (χ1v) is 6.87. The van der Waals surface area contributed by atoms with Gasteiger partial charge in [-0.2, -0.15) is 0 Å². The van der Waals surface area contributed by atoms with E-state index in [2.05, 4.69) is 21.3 Å². The lowest BCUT2D eigenvalue weighted by Crippen LogP contribution is -2.45. The number of nitrogens with one attached hydrogen (secondary N) is 4. The summed E-state index contributed by atoms with van der Waals surface area (Å²) in [6.45, 7) is -0.337. The van der Waals surface area contributed by atoms with Gasteiger partial charge in [0.15, 0.2) is 6.10 Å². The van der Waals surface area contributed by atoms with Crippen LogP contribution in [0.15, 0.2) is 0 Å². The van der Waals surface area contributed by atoms with Crippen molar-refractivity contribution >= 4 is 29.6 Å². The summed E-state index contributed by atoms with van der Waals surface area (Å²) in [4.78, 5) is 55.3. The first-order valence-electron chi connectivity index (χ1n) is 6.87. The smallest absolute Gasteiger partial charge is 0.332 e. The Kier molecular flexibility index (Phi) is 10.4. The van der Waals surface area contributed by atoms with Crippen LogP contribution in [0.2, 0.25) is 0 Å². The summed E-state index contributed by atoms with van der Waals surface area (Å²) in [5.41, 5.74) is 5.03. The number of carbonyl (C=O) groups excluding carboxylic acids is 4. The molecule has 1 unspecified atom stereocenters. The van der Waals surface area contributed by atoms with Gasteiger partial charge in [-0.15, -0.1) is 0 Å². The van der Waals surface area contributed by atoms with E-state index in [0.29, 0.717) is 0 Å². The van der Waals surface area contributed by atoms with Crippen molar-refractivity contribution in [2.24, 2.45) is 5.73 Å². The highest BCUT2D eigenvalue weighted by Gasteiger charge is 2.12. The summed E-state index contributed by atoms with van der Waals surface area (Å²) < 4.78 is 4.77. The molecule has 4 amide bonds. The molecular formula is C12H21N5O7. The molecule has 0 heterocycles. The number of aliphatic carboxylic acids is 1. The summed E-state index contributed by atoms with van der Waals surface area (Å²) in [5.74, 6) is -3.49. The number of carboxylic acids is 1. The van der Waals surface area contributed by atoms with Crippen LogP contribution in [0, 0.1) is 0 Å². The van der Waals surface area contributed by atoms with Crippen LogP contribution in [0.5, 0.6) is 0 Å². The number of rotatable bonds is 11. The lowest BCUT2D eigenvalue weighted by atomic mass is 10.4. The summed E-state index contributed by atoms with van der Waals surface area (Å²) in [6, 6.07) is 0. The Balaban J connectivity index is 3.77. The van der Waals surface area contributed by atoms with Crippen molar-refractivity contribution in [1.82, 2.24) is 21.3 Å². The Morgan fingerprint density at radius 1 is 0.875 bits per heavy atom. The number of hydrogen-bond acceptors (Lipinski definition) is 7. The third-order valence-electron chi connectivity index (χ3n) is 2.47. The summed E-state index contributed by atoms with van der Waals surface area (Å²) in [7, 11) is 0. The third-order valence-corrected chi connectivity index (χ3v) is 2.47. The minimum Gasteiger partial charge on any atom is -0.479 e. The second-order valence-corrected chi connectivity index (χ2v) is 4.43. The van der Waals surface area contributed by atoms with Crippen LogP contribution in [0.4, 0.5) is 0 Å². The molecule has 0 rings (SSSR count). The number of amides is 4. The molecule has 7 N–H and O–H groups in total. The highest BCUT2D eigenvalue weighted by Crippen LogP contribution is 1.87. The molecule has 136 valence electrons. The van der Waals surface area contributed by atoms with E-state index in [4.69, 9.17) is 15.6 Å². The number of carbonyl (C=O) groups is 5. The molecule has 0 saturated carbocycles. The normalized spacial score (nSPS) is 11.1. The number of nitrogens with two attached hydrogens (primary N) is 1. The standard InChI is InChI=1S/C12H21N5O7/c1-7(12(22)23)24-6-17-11(21)5-16-10(20)4-15-9(19)3-14-8(18)2-13/h7H,2-6,13H2,1H3,(H,14,18)(H,15,19)(H,16,20)(H,17,21)(H,22,23). The zero-order valence-corrected chi connectivity index (χ0v) is 13.1. The van der Waals surface area contributed by atoms with E-state index >= 15 is 0 Å². The van der Waals surface area contributed by atoms with Crippen molar-refractivity contribution in [2.45, 2.75) is 13.0 Å². The largest absolute Gasteiger partial charge is 0.479 e.